The van der Waals surface area contributed by atoms with Crippen LogP contribution in [0.25, 0.3) is 0 Å². The Hall–Kier alpha value is -2.70. The van der Waals surface area contributed by atoms with Crippen LogP contribution in [0.5, 0.6) is 0 Å². The topological polar surface area (TPSA) is 87.5 Å². The molecule has 1 fully saturated rings. The average molecular weight is 497 g/mol. The summed E-state index contributed by atoms with van der Waals surface area (Å²) in [5, 5.41) is 6.13. The number of fused-ring (bicyclic) bond motifs is 4. The van der Waals surface area contributed by atoms with Gasteiger partial charge in [0.1, 0.15) is 12.6 Å². The monoisotopic (exact) mass is 496 g/mol. The van der Waals surface area contributed by atoms with E-state index in [0.29, 0.717) is 31.9 Å². The van der Waals surface area contributed by atoms with E-state index < -0.39 is 12.0 Å². The fraction of sp³-hybridized carbons (Fsp3) is 0.655. The van der Waals surface area contributed by atoms with Crippen molar-refractivity contribution in [2.24, 2.45) is 11.8 Å². The number of hydrogen-bond acceptors (Lipinski definition) is 4. The van der Waals surface area contributed by atoms with Gasteiger partial charge in [0.2, 0.25) is 17.5 Å². The Morgan fingerprint density at radius 3 is 2.69 bits per heavy atom. The van der Waals surface area contributed by atoms with Crippen molar-refractivity contribution in [3.8, 4) is 0 Å². The molecular formula is C29H42N3O4+. The molecule has 7 heteroatoms. The van der Waals surface area contributed by atoms with Crippen LogP contribution in [0.1, 0.15) is 89.0 Å². The number of para-hydroxylation sites is 1. The number of carbonyl (C=O) groups excluding carboxylic acids is 3. The number of amides is 2. The molecule has 36 heavy (non-hydrogen) atoms. The standard InChI is InChI=1S/C29H41N3O4/c1-2-36-27(33)19-22(17-21-11-5-6-12-21)28(34)31-25-18-23-20-32(26-14-8-7-13-24(23)26)16-10-4-3-9-15-30-29(25)35/h7-8,13-14,20-23,25H,2-6,9-12,15-19H2,1H3,(H-,30,31,34,35)/p+1/t22-,23?,25+/m1/s1. The van der Waals surface area contributed by atoms with E-state index in [1.165, 1.54) is 24.1 Å². The minimum atomic E-state index is -0.652. The third kappa shape index (κ3) is 6.95. The highest BCUT2D eigenvalue weighted by Crippen LogP contribution is 2.35. The van der Waals surface area contributed by atoms with E-state index in [0.717, 1.165) is 45.1 Å². The highest BCUT2D eigenvalue weighted by molar-refractivity contribution is 5.90. The Morgan fingerprint density at radius 1 is 1.11 bits per heavy atom. The number of carbonyl (C=O) groups is 3. The van der Waals surface area contributed by atoms with Gasteiger partial charge >= 0.3 is 5.97 Å². The second-order valence-corrected chi connectivity index (χ2v) is 10.6. The molecule has 2 heterocycles. The molecule has 1 aromatic carbocycles. The second kappa shape index (κ2) is 13.0. The van der Waals surface area contributed by atoms with Crippen LogP contribution >= 0.6 is 0 Å². The minimum absolute atomic E-state index is 0.0522. The van der Waals surface area contributed by atoms with Gasteiger partial charge in [-0.05, 0) is 38.5 Å². The number of benzene rings is 1. The zero-order valence-corrected chi connectivity index (χ0v) is 21.7. The average Bonchev–Trinajstić information content (AvgIpc) is 3.50. The summed E-state index contributed by atoms with van der Waals surface area (Å²) in [6.45, 7) is 3.67. The summed E-state index contributed by atoms with van der Waals surface area (Å²) in [4.78, 5) is 39.2. The lowest BCUT2D eigenvalue weighted by Gasteiger charge is -2.24. The van der Waals surface area contributed by atoms with E-state index in [2.05, 4.69) is 39.6 Å². The van der Waals surface area contributed by atoms with Crippen LogP contribution in [0, 0.1) is 11.8 Å². The molecule has 7 nitrogen and oxygen atoms in total. The third-order valence-electron chi connectivity index (χ3n) is 7.93. The Morgan fingerprint density at radius 2 is 1.89 bits per heavy atom. The van der Waals surface area contributed by atoms with Crippen LogP contribution in [0.3, 0.4) is 0 Å². The highest BCUT2D eigenvalue weighted by atomic mass is 16.5. The van der Waals surface area contributed by atoms with Crippen LogP contribution < -0.4 is 10.6 Å². The van der Waals surface area contributed by atoms with Crippen molar-refractivity contribution in [2.45, 2.75) is 89.5 Å². The van der Waals surface area contributed by atoms with E-state index in [9.17, 15) is 14.4 Å². The van der Waals surface area contributed by atoms with E-state index in [1.54, 1.807) is 6.92 Å². The first kappa shape index (κ1) is 26.4. The van der Waals surface area contributed by atoms with E-state index in [4.69, 9.17) is 4.74 Å². The predicted molar refractivity (Wildman–Crippen MR) is 139 cm³/mol. The Labute approximate surface area is 215 Å². The van der Waals surface area contributed by atoms with Crippen LogP contribution in [0.15, 0.2) is 24.3 Å². The van der Waals surface area contributed by atoms with Gasteiger partial charge < -0.3 is 15.4 Å². The molecule has 4 rings (SSSR count). The van der Waals surface area contributed by atoms with Gasteiger partial charge in [-0.25, -0.2) is 4.58 Å². The fourth-order valence-electron chi connectivity index (χ4n) is 6.05. The van der Waals surface area contributed by atoms with Gasteiger partial charge in [0.15, 0.2) is 6.21 Å². The molecule has 196 valence electrons. The molecule has 0 saturated heterocycles. The van der Waals surface area contributed by atoms with Gasteiger partial charge in [0.25, 0.3) is 0 Å². The maximum absolute atomic E-state index is 13.5. The van der Waals surface area contributed by atoms with Crippen molar-refractivity contribution in [3.63, 3.8) is 0 Å². The molecule has 2 bridgehead atoms. The normalized spacial score (nSPS) is 23.8. The second-order valence-electron chi connectivity index (χ2n) is 10.6. The van der Waals surface area contributed by atoms with Crippen molar-refractivity contribution >= 4 is 29.7 Å². The first-order chi connectivity index (χ1) is 17.5. The molecular weight excluding hydrogens is 454 g/mol. The Bertz CT molecular complexity index is 954. The van der Waals surface area contributed by atoms with Gasteiger partial charge in [0, 0.05) is 30.5 Å². The minimum Gasteiger partial charge on any atom is -0.466 e. The zero-order chi connectivity index (χ0) is 25.3. The number of esters is 1. The van der Waals surface area contributed by atoms with Crippen LogP contribution in [0.2, 0.25) is 0 Å². The van der Waals surface area contributed by atoms with Gasteiger partial charge in [-0.3, -0.25) is 14.4 Å². The molecule has 1 saturated carbocycles. The summed E-state index contributed by atoms with van der Waals surface area (Å²) in [5.41, 5.74) is 2.40. The Balaban J connectivity index is 1.52. The molecule has 3 atom stereocenters. The lowest BCUT2D eigenvalue weighted by Crippen LogP contribution is -2.49. The molecule has 1 aliphatic carbocycles. The Kier molecular flexibility index (Phi) is 9.54. The largest absolute Gasteiger partial charge is 0.466 e. The smallest absolute Gasteiger partial charge is 0.306 e. The molecule has 3 aliphatic rings. The summed E-state index contributed by atoms with van der Waals surface area (Å²) in [5.74, 6) is -0.654. The third-order valence-corrected chi connectivity index (χ3v) is 7.93. The van der Waals surface area contributed by atoms with Gasteiger partial charge in [-0.15, -0.1) is 0 Å². The van der Waals surface area contributed by atoms with Gasteiger partial charge in [0.05, 0.1) is 18.9 Å². The number of hydrogen-bond donors (Lipinski definition) is 2. The molecule has 1 unspecified atom stereocenters. The highest BCUT2D eigenvalue weighted by Gasteiger charge is 2.36. The van der Waals surface area contributed by atoms with Crippen molar-refractivity contribution in [1.82, 2.24) is 10.6 Å². The quantitative estimate of drug-likeness (QED) is 0.437. The summed E-state index contributed by atoms with van der Waals surface area (Å²) >= 11 is 0. The summed E-state index contributed by atoms with van der Waals surface area (Å²) in [6.07, 6.45) is 12.3. The van der Waals surface area contributed by atoms with Gasteiger partial charge in [-0.2, -0.15) is 0 Å². The number of nitrogens with one attached hydrogen (secondary N) is 2. The maximum atomic E-state index is 13.5. The first-order valence-electron chi connectivity index (χ1n) is 14.0. The maximum Gasteiger partial charge on any atom is 0.306 e. The molecule has 1 aromatic rings. The van der Waals surface area contributed by atoms with E-state index >= 15 is 0 Å². The lowest BCUT2D eigenvalue weighted by molar-refractivity contribution is -0.433. The van der Waals surface area contributed by atoms with E-state index in [-0.39, 0.29) is 30.1 Å². The van der Waals surface area contributed by atoms with Crippen molar-refractivity contribution in [1.29, 1.82) is 0 Å². The molecule has 0 radical (unpaired) electrons. The van der Waals surface area contributed by atoms with Crippen LogP contribution in [0.4, 0.5) is 5.69 Å². The summed E-state index contributed by atoms with van der Waals surface area (Å²) in [7, 11) is 0. The molecule has 0 spiro atoms. The zero-order valence-electron chi connectivity index (χ0n) is 21.7. The summed E-state index contributed by atoms with van der Waals surface area (Å²) in [6, 6.07) is 7.71. The van der Waals surface area contributed by atoms with Crippen molar-refractivity contribution < 1.29 is 23.7 Å². The van der Waals surface area contributed by atoms with Crippen LogP contribution in [-0.4, -0.2) is 54.3 Å². The molecule has 2 N–H and O–H groups in total. The van der Waals surface area contributed by atoms with Crippen LogP contribution in [-0.2, 0) is 19.1 Å². The number of nitrogens with zero attached hydrogens (tertiary/aromatic N) is 1. The van der Waals surface area contributed by atoms with Gasteiger partial charge in [-0.1, -0.05) is 50.3 Å². The predicted octanol–water partition coefficient (Wildman–Crippen LogP) is 4.21. The SMILES string of the molecule is CCOC(=O)C[C@@H](CC1CCCC1)C(=O)N[C@H]1CC2C=[N+](CCCCCCNC1=O)c1ccccc12. The molecule has 2 aliphatic heterocycles. The fourth-order valence-corrected chi connectivity index (χ4v) is 6.05. The lowest BCUT2D eigenvalue weighted by atomic mass is 9.89. The first-order valence-corrected chi connectivity index (χ1v) is 14.0. The number of ether oxygens (including phenoxy) is 1. The number of rotatable bonds is 7. The molecule has 2 amide bonds. The van der Waals surface area contributed by atoms with Crippen molar-refractivity contribution in [2.75, 3.05) is 19.7 Å². The summed E-state index contributed by atoms with van der Waals surface area (Å²) < 4.78 is 7.49. The van der Waals surface area contributed by atoms with E-state index in [1.807, 2.05) is 6.07 Å². The molecule has 0 aromatic heterocycles. The van der Waals surface area contributed by atoms with Crippen molar-refractivity contribution in [3.05, 3.63) is 29.8 Å².